The molecule has 0 saturated carbocycles. The Bertz CT molecular complexity index is 220. The van der Waals surface area contributed by atoms with E-state index in [-0.39, 0.29) is 20.0 Å². The molecule has 0 aliphatic rings. The molecule has 0 spiro atoms. The van der Waals surface area contributed by atoms with Crippen LogP contribution in [0.4, 0.5) is 0 Å². The van der Waals surface area contributed by atoms with E-state index in [1.165, 1.54) is 0 Å². The molecule has 0 saturated heterocycles. The number of ether oxygens (including phenoxy) is 3. The van der Waals surface area contributed by atoms with E-state index in [9.17, 15) is 15.0 Å². The van der Waals surface area contributed by atoms with Crippen molar-refractivity contribution < 1.29 is 33.3 Å². The first-order valence-corrected chi connectivity index (χ1v) is 4.12. The molecule has 90 valence electrons. The number of aliphatic hydroxyl groups excluding tert-OH is 2. The molecule has 0 amide bonds. The van der Waals surface area contributed by atoms with Crippen molar-refractivity contribution in [2.45, 2.75) is 24.4 Å². The summed E-state index contributed by atoms with van der Waals surface area (Å²) in [5.74, 6) is 0. The van der Waals surface area contributed by atoms with Crippen LogP contribution in [0.5, 0.6) is 0 Å². The zero-order valence-electron chi connectivity index (χ0n) is 11.2. The van der Waals surface area contributed by atoms with E-state index in [1.807, 2.05) is 0 Å². The molecule has 2 N–H and O–H groups in total. The molecule has 0 unspecified atom stereocenters. The number of hydrogen-bond acceptors (Lipinski definition) is 6. The third-order valence-corrected chi connectivity index (χ3v) is 1.85. The lowest BCUT2D eigenvalue weighted by Crippen LogP contribution is -2.48. The minimum atomic E-state index is -1.59. The third kappa shape index (κ3) is 4.23. The lowest BCUT2D eigenvalue weighted by atomic mass is 10.0. The van der Waals surface area contributed by atoms with Crippen LogP contribution in [0.3, 0.4) is 0 Å². The Morgan fingerprint density at radius 1 is 1.27 bits per heavy atom. The average molecular weight is 225 g/mol. The van der Waals surface area contributed by atoms with Gasteiger partial charge in [-0.15, -0.1) is 0 Å². The van der Waals surface area contributed by atoms with Gasteiger partial charge < -0.3 is 29.2 Å². The summed E-state index contributed by atoms with van der Waals surface area (Å²) in [6.07, 6.45) is -5.14. The molecular weight excluding hydrogens is 204 g/mol. The third-order valence-electron chi connectivity index (χ3n) is 1.85. The predicted octanol–water partition coefficient (Wildman–Crippen LogP) is -1.42. The summed E-state index contributed by atoms with van der Waals surface area (Å²) in [5.41, 5.74) is 0. The molecule has 0 aromatic carbocycles. The Kier molecular flexibility index (Phi) is 4.98. The summed E-state index contributed by atoms with van der Waals surface area (Å²) in [6.45, 7) is -0.266. The predicted molar refractivity (Wildman–Crippen MR) is 51.5 cm³/mol. The molecule has 0 heterocycles. The SMILES string of the molecule is [2H]COC[C@@H](O)[C@@H](OC[2H])[C@H](OC[2H])[C@@H](O)C=O. The maximum absolute atomic E-state index is 10.5. The lowest BCUT2D eigenvalue weighted by Gasteiger charge is -2.29. The van der Waals surface area contributed by atoms with Gasteiger partial charge in [-0.1, -0.05) is 0 Å². The van der Waals surface area contributed by atoms with Crippen molar-refractivity contribution in [2.24, 2.45) is 0 Å². The van der Waals surface area contributed by atoms with Crippen molar-refractivity contribution in [3.63, 3.8) is 0 Å². The van der Waals surface area contributed by atoms with Crippen LogP contribution < -0.4 is 0 Å². The van der Waals surface area contributed by atoms with E-state index >= 15 is 0 Å². The zero-order valence-corrected chi connectivity index (χ0v) is 8.24. The van der Waals surface area contributed by atoms with Crippen LogP contribution in [0.1, 0.15) is 4.11 Å². The number of hydrogen-bond donors (Lipinski definition) is 2. The van der Waals surface area contributed by atoms with Crippen LogP contribution in [0.25, 0.3) is 0 Å². The Hall–Kier alpha value is -0.530. The summed E-state index contributed by atoms with van der Waals surface area (Å²) in [7, 11) is -1.43. The number of aldehydes is 1. The lowest BCUT2D eigenvalue weighted by molar-refractivity contribution is -0.151. The maximum Gasteiger partial charge on any atom is 0.151 e. The fourth-order valence-electron chi connectivity index (χ4n) is 1.11. The van der Waals surface area contributed by atoms with Gasteiger partial charge in [0, 0.05) is 21.3 Å². The summed E-state index contributed by atoms with van der Waals surface area (Å²) in [4.78, 5) is 10.5. The summed E-state index contributed by atoms with van der Waals surface area (Å²) >= 11 is 0. The molecule has 0 radical (unpaired) electrons. The fraction of sp³-hybridized carbons (Fsp3) is 0.889. The fourth-order valence-corrected chi connectivity index (χ4v) is 1.11. The van der Waals surface area contributed by atoms with Gasteiger partial charge in [-0.25, -0.2) is 0 Å². The van der Waals surface area contributed by atoms with Crippen LogP contribution in [0, 0.1) is 0 Å². The van der Waals surface area contributed by atoms with Gasteiger partial charge in [0.2, 0.25) is 0 Å². The van der Waals surface area contributed by atoms with Gasteiger partial charge >= 0.3 is 0 Å². The van der Waals surface area contributed by atoms with E-state index < -0.39 is 38.6 Å². The van der Waals surface area contributed by atoms with Gasteiger partial charge in [0.05, 0.1) is 10.7 Å². The van der Waals surface area contributed by atoms with E-state index in [0.717, 1.165) is 0 Å². The second-order valence-corrected chi connectivity index (χ2v) is 2.83. The van der Waals surface area contributed by atoms with Gasteiger partial charge in [0.1, 0.15) is 24.4 Å². The van der Waals surface area contributed by atoms with E-state index in [4.69, 9.17) is 13.6 Å². The highest BCUT2D eigenvalue weighted by Crippen LogP contribution is 2.11. The normalized spacial score (nSPS) is 21.9. The van der Waals surface area contributed by atoms with Crippen molar-refractivity contribution in [1.29, 1.82) is 0 Å². The smallest absolute Gasteiger partial charge is 0.151 e. The van der Waals surface area contributed by atoms with Crippen LogP contribution in [0.2, 0.25) is 0 Å². The van der Waals surface area contributed by atoms with E-state index in [1.54, 1.807) is 0 Å². The number of methoxy groups -OCH3 is 3. The van der Waals surface area contributed by atoms with Crippen LogP contribution in [-0.2, 0) is 19.0 Å². The van der Waals surface area contributed by atoms with Crippen molar-refractivity contribution in [1.82, 2.24) is 0 Å². The molecule has 4 atom stereocenters. The van der Waals surface area contributed by atoms with E-state index in [0.29, 0.717) is 0 Å². The zero-order chi connectivity index (χ0) is 14.0. The molecule has 0 rings (SSSR count). The first-order valence-electron chi connectivity index (χ1n) is 6.24. The molecule has 15 heavy (non-hydrogen) atoms. The minimum Gasteiger partial charge on any atom is -0.388 e. The first-order chi connectivity index (χ1) is 8.62. The summed E-state index contributed by atoms with van der Waals surface area (Å²) in [6, 6.07) is 0. The summed E-state index contributed by atoms with van der Waals surface area (Å²) in [5, 5.41) is 19.1. The molecule has 6 nitrogen and oxygen atoms in total. The number of aliphatic hydroxyl groups is 2. The molecular formula is C9H18O6. The van der Waals surface area contributed by atoms with Gasteiger partial charge in [-0.2, -0.15) is 0 Å². The quantitative estimate of drug-likeness (QED) is 0.493. The monoisotopic (exact) mass is 225 g/mol. The van der Waals surface area contributed by atoms with Crippen LogP contribution in [-0.4, -0.2) is 68.8 Å². The molecule has 0 fully saturated rings. The van der Waals surface area contributed by atoms with Crippen molar-refractivity contribution >= 4 is 6.29 Å². The van der Waals surface area contributed by atoms with Gasteiger partial charge in [0.15, 0.2) is 6.29 Å². The van der Waals surface area contributed by atoms with Crippen LogP contribution in [0.15, 0.2) is 0 Å². The highest BCUT2D eigenvalue weighted by Gasteiger charge is 2.33. The molecule has 0 aromatic heterocycles. The van der Waals surface area contributed by atoms with Gasteiger partial charge in [0.25, 0.3) is 0 Å². The second kappa shape index (κ2) is 7.72. The average Bonchev–Trinajstić information content (AvgIpc) is 2.39. The molecule has 6 heteroatoms. The molecule has 0 aliphatic heterocycles. The number of carbonyl (C=O) groups is 1. The number of rotatable bonds is 8. The van der Waals surface area contributed by atoms with Gasteiger partial charge in [-0.05, 0) is 0 Å². The topological polar surface area (TPSA) is 85.2 Å². The molecule has 0 bridgehead atoms. The first kappa shape index (κ1) is 9.68. The van der Waals surface area contributed by atoms with Crippen molar-refractivity contribution in [2.75, 3.05) is 27.9 Å². The Labute approximate surface area is 93.0 Å². The molecule has 0 aliphatic carbocycles. The van der Waals surface area contributed by atoms with Crippen molar-refractivity contribution in [3.05, 3.63) is 0 Å². The molecule has 0 aromatic rings. The standard InChI is InChI=1S/C9H18O6/c1-13-5-7(12)9(15-3)8(14-2)6(11)4-10/h4,6-9,11-12H,5H2,1-3H3/t6-,7+,8+,9+/m0/s1/i1D,2D,3D. The highest BCUT2D eigenvalue weighted by atomic mass is 16.6. The second-order valence-electron chi connectivity index (χ2n) is 2.83. The maximum atomic E-state index is 10.5. The number of carbonyl (C=O) groups excluding carboxylic acids is 1. The highest BCUT2D eigenvalue weighted by molar-refractivity contribution is 5.56. The van der Waals surface area contributed by atoms with E-state index in [2.05, 4.69) is 4.74 Å². The Balaban J connectivity index is 4.71. The largest absolute Gasteiger partial charge is 0.388 e. The minimum absolute atomic E-state index is 0.193. The Morgan fingerprint density at radius 3 is 2.47 bits per heavy atom. The van der Waals surface area contributed by atoms with Crippen LogP contribution >= 0.6 is 0 Å². The van der Waals surface area contributed by atoms with Crippen molar-refractivity contribution in [3.8, 4) is 0 Å². The van der Waals surface area contributed by atoms with Gasteiger partial charge in [-0.3, -0.25) is 0 Å². The Morgan fingerprint density at radius 2 is 1.93 bits per heavy atom. The summed E-state index contributed by atoms with van der Waals surface area (Å²) < 4.78 is 35.0.